The number of anilines is 3. The summed E-state index contributed by atoms with van der Waals surface area (Å²) in [5, 5.41) is 52.3. The number of carbonyl (C=O) groups is 8. The van der Waals surface area contributed by atoms with E-state index in [9.17, 15) is 54.1 Å². The first-order valence-corrected chi connectivity index (χ1v) is 33.8. The number of unbranched alkanes of at least 4 members (excludes halogenated alkanes) is 6. The minimum atomic E-state index is -1.46. The molecule has 12 N–H and O–H groups in total. The molecule has 0 radical (unpaired) electrons. The second kappa shape index (κ2) is 39.3. The lowest BCUT2D eigenvalue weighted by atomic mass is 9.77. The Balaban J connectivity index is 0.663. The van der Waals surface area contributed by atoms with Gasteiger partial charge in [0.2, 0.25) is 11.8 Å². The summed E-state index contributed by atoms with van der Waals surface area (Å²) in [7, 11) is 3.94. The third-order valence-electron chi connectivity index (χ3n) is 16.4. The van der Waals surface area contributed by atoms with Crippen molar-refractivity contribution in [2.24, 2.45) is 5.11 Å². The van der Waals surface area contributed by atoms with Crippen molar-refractivity contribution in [2.45, 2.75) is 88.5 Å². The van der Waals surface area contributed by atoms with E-state index >= 15 is 0 Å². The molecule has 30 nitrogen and oxygen atoms in total. The lowest BCUT2D eigenvalue weighted by Gasteiger charge is -2.36. The fourth-order valence-corrected chi connectivity index (χ4v) is 11.0. The first-order valence-electron chi connectivity index (χ1n) is 33.8. The monoisotopic (exact) mass is 1420 g/mol. The SMILES string of the molecule is C=C(CNC(=O)CCCCCNC(=O)c1ccc2c(c1)C(=O)OC21c2ccc(O)cc2Oc2cc(O)ccc21)COC(=O)NCCCCC(NC(=O)OCCOC(COc1cccc(C(=O)NCCNC(=O)c2ccc(NNc3ccc(N(C)C)cc3)cc2)c1)N=[N+]=[N-])C(=O)NCCCCCCO. The van der Waals surface area contributed by atoms with E-state index < -0.39 is 53.7 Å². The van der Waals surface area contributed by atoms with Crippen molar-refractivity contribution >= 4 is 64.8 Å². The van der Waals surface area contributed by atoms with Crippen molar-refractivity contribution in [3.05, 3.63) is 189 Å². The number of aliphatic hydroxyl groups excluding tert-OH is 1. The minimum absolute atomic E-state index is 0.0652. The number of phenols is 2. The highest BCUT2D eigenvalue weighted by atomic mass is 16.6. The number of aromatic hydroxyl groups is 2. The molecule has 7 amide bonds. The molecule has 2 unspecified atom stereocenters. The Kier molecular flexibility index (Phi) is 29.4. The maximum absolute atomic E-state index is 13.5. The third-order valence-corrected chi connectivity index (χ3v) is 16.4. The van der Waals surface area contributed by atoms with Gasteiger partial charge in [0, 0.05) is 123 Å². The van der Waals surface area contributed by atoms with E-state index in [1.54, 1.807) is 66.7 Å². The summed E-state index contributed by atoms with van der Waals surface area (Å²) in [6, 6.07) is 33.6. The third kappa shape index (κ3) is 23.1. The largest absolute Gasteiger partial charge is 0.508 e. The standard InChI is InChI=1S/C73H87N13O17/c1-47(44-80-64(90)17-7-6-10-32-75-68(93)50-20-29-58-57(41-50)70(95)103-73(58)59-30-27-54(88)42-62(59)102-63-43-55(89)28-31-60(63)73)45-101-71(96)79-34-11-8-16-61(69(94)76-33-9-4-5-12-37-87)81-72(97)99-39-38-98-65(84-85-74)46-100-56-15-13-14-49(40-56)67(92)78-36-35-77-66(91)48-18-21-51(22-19-48)82-83-52-23-25-53(26-24-52)86(2)3/h13-15,18-31,40-43,61,65,82-83,87-89H,1,4-12,16-17,32-39,44-46H2,2-3H3,(H,75,93)(H,76,94)(H,77,91)(H,78,92)(H,79,96)(H,80,90)(H,81,97). The predicted octanol–water partition coefficient (Wildman–Crippen LogP) is 8.69. The molecular weight excluding hydrogens is 1330 g/mol. The van der Waals surface area contributed by atoms with Gasteiger partial charge >= 0.3 is 18.2 Å². The molecule has 546 valence electrons. The van der Waals surface area contributed by atoms with Gasteiger partial charge in [-0.05, 0) is 159 Å². The van der Waals surface area contributed by atoms with Crippen molar-refractivity contribution in [3.8, 4) is 28.7 Å². The lowest BCUT2D eigenvalue weighted by molar-refractivity contribution is -0.123. The number of hydrogen-bond donors (Lipinski definition) is 12. The highest BCUT2D eigenvalue weighted by molar-refractivity contribution is 6.02. The molecule has 0 saturated heterocycles. The van der Waals surface area contributed by atoms with Gasteiger partial charge in [-0.3, -0.25) is 24.0 Å². The molecule has 0 fully saturated rings. The fourth-order valence-electron chi connectivity index (χ4n) is 11.0. The maximum atomic E-state index is 13.5. The molecule has 103 heavy (non-hydrogen) atoms. The van der Waals surface area contributed by atoms with Crippen LogP contribution in [0.2, 0.25) is 0 Å². The topological polar surface area (TPSA) is 413 Å². The lowest BCUT2D eigenvalue weighted by Crippen LogP contribution is -2.47. The van der Waals surface area contributed by atoms with Crippen LogP contribution in [0, 0.1) is 0 Å². The number of nitrogens with zero attached hydrogens (tertiary/aromatic N) is 4. The number of nitrogens with one attached hydrogen (secondary N) is 9. The molecule has 0 aliphatic carbocycles. The molecule has 6 aromatic rings. The van der Waals surface area contributed by atoms with Crippen LogP contribution < -0.4 is 62.4 Å². The molecule has 2 aliphatic heterocycles. The summed E-state index contributed by atoms with van der Waals surface area (Å²) >= 11 is 0. The molecule has 0 bridgehead atoms. The van der Waals surface area contributed by atoms with Gasteiger partial charge in [0.1, 0.15) is 54.6 Å². The number of amides is 7. The highest BCUT2D eigenvalue weighted by Gasteiger charge is 2.54. The molecule has 2 atom stereocenters. The van der Waals surface area contributed by atoms with Crippen LogP contribution in [0.1, 0.15) is 129 Å². The Morgan fingerprint density at radius 1 is 0.621 bits per heavy atom. The molecule has 8 rings (SSSR count). The summed E-state index contributed by atoms with van der Waals surface area (Å²) in [6.45, 7) is 4.15. The molecule has 30 heteroatoms. The van der Waals surface area contributed by atoms with Crippen LogP contribution in [0.3, 0.4) is 0 Å². The van der Waals surface area contributed by atoms with Gasteiger partial charge in [0.05, 0.1) is 23.5 Å². The molecule has 1 spiro atoms. The number of alkyl carbamates (subject to hydrolysis) is 2. The summed E-state index contributed by atoms with van der Waals surface area (Å²) in [5.74, 6) is -1.92. The van der Waals surface area contributed by atoms with Crippen molar-refractivity contribution < 1.29 is 82.1 Å². The van der Waals surface area contributed by atoms with E-state index in [1.165, 1.54) is 36.4 Å². The van der Waals surface area contributed by atoms with Crippen molar-refractivity contribution in [1.29, 1.82) is 0 Å². The van der Waals surface area contributed by atoms with Gasteiger partial charge < -0.3 is 96.7 Å². The van der Waals surface area contributed by atoms with Crippen LogP contribution >= 0.6 is 0 Å². The summed E-state index contributed by atoms with van der Waals surface area (Å²) < 4.78 is 34.0. The van der Waals surface area contributed by atoms with Crippen LogP contribution in [0.15, 0.2) is 145 Å². The Labute approximate surface area is 595 Å². The average molecular weight is 1420 g/mol. The van der Waals surface area contributed by atoms with Gasteiger partial charge in [-0.25, -0.2) is 14.4 Å². The van der Waals surface area contributed by atoms with Crippen LogP contribution in [-0.4, -0.2) is 162 Å². The highest BCUT2D eigenvalue weighted by Crippen LogP contribution is 2.57. The summed E-state index contributed by atoms with van der Waals surface area (Å²) in [4.78, 5) is 109. The molecule has 2 aliphatic rings. The summed E-state index contributed by atoms with van der Waals surface area (Å²) in [6.07, 6.45) is 2.92. The Bertz CT molecular complexity index is 3930. The summed E-state index contributed by atoms with van der Waals surface area (Å²) in [5.41, 5.74) is 19.6. The Hall–Kier alpha value is -11.8. The molecule has 0 saturated carbocycles. The van der Waals surface area contributed by atoms with Crippen LogP contribution in [-0.2, 0) is 34.1 Å². The predicted molar refractivity (Wildman–Crippen MR) is 381 cm³/mol. The normalized spacial score (nSPS) is 12.5. The zero-order chi connectivity index (χ0) is 73.5. The van der Waals surface area contributed by atoms with E-state index in [2.05, 4.69) is 64.7 Å². The first-order chi connectivity index (χ1) is 49.8. The number of rotatable bonds is 41. The number of carbonyl (C=O) groups excluding carboxylic acids is 8. The van der Waals surface area contributed by atoms with E-state index in [1.807, 2.05) is 43.3 Å². The second-order valence-corrected chi connectivity index (χ2v) is 24.3. The molecule has 0 aromatic heterocycles. The first kappa shape index (κ1) is 77.0. The average Bonchev–Trinajstić information content (AvgIpc) is 1.59. The smallest absolute Gasteiger partial charge is 0.407 e. The number of benzene rings is 6. The van der Waals surface area contributed by atoms with E-state index in [0.717, 1.165) is 29.9 Å². The molecular formula is C73H87N13O17. The number of hydrogen-bond acceptors (Lipinski definition) is 21. The number of hydrazine groups is 1. The van der Waals surface area contributed by atoms with Gasteiger partial charge in [0.25, 0.3) is 17.7 Å². The Morgan fingerprint density at radius 2 is 1.21 bits per heavy atom. The van der Waals surface area contributed by atoms with Crippen LogP contribution in [0.4, 0.5) is 26.7 Å². The molecule has 2 heterocycles. The zero-order valence-electron chi connectivity index (χ0n) is 57.4. The number of aliphatic hydroxyl groups is 1. The van der Waals surface area contributed by atoms with E-state index in [4.69, 9.17) is 33.5 Å². The maximum Gasteiger partial charge on any atom is 0.407 e. The number of fused-ring (bicyclic) bond motifs is 6. The number of esters is 1. The second-order valence-electron chi connectivity index (χ2n) is 24.3. The number of phenolic OH excluding ortho intramolecular Hbond substituents is 2. The van der Waals surface area contributed by atoms with Gasteiger partial charge in [0.15, 0.2) is 11.8 Å². The quantitative estimate of drug-likeness (QED) is 0.00249. The van der Waals surface area contributed by atoms with E-state index in [-0.39, 0.29) is 129 Å². The zero-order valence-corrected chi connectivity index (χ0v) is 57.4. The van der Waals surface area contributed by atoms with Gasteiger partial charge in [-0.15, -0.1) is 0 Å². The number of ether oxygens (including phenoxy) is 6. The number of azide groups is 1. The van der Waals surface area contributed by atoms with Crippen molar-refractivity contribution in [1.82, 2.24) is 37.2 Å². The van der Waals surface area contributed by atoms with E-state index in [0.29, 0.717) is 85.9 Å². The Morgan fingerprint density at radius 3 is 1.88 bits per heavy atom. The van der Waals surface area contributed by atoms with Crippen molar-refractivity contribution in [2.75, 3.05) is 102 Å². The fraction of sp³-hybridized carbons (Fsp3) is 0.370. The van der Waals surface area contributed by atoms with Gasteiger partial charge in [-0.2, -0.15) is 0 Å². The van der Waals surface area contributed by atoms with Crippen LogP contribution in [0.5, 0.6) is 28.7 Å². The van der Waals surface area contributed by atoms with Crippen LogP contribution in [0.25, 0.3) is 10.4 Å². The van der Waals surface area contributed by atoms with Crippen molar-refractivity contribution in [3.63, 3.8) is 0 Å². The minimum Gasteiger partial charge on any atom is -0.508 e. The molecule has 6 aromatic carbocycles. The van der Waals surface area contributed by atoms with Gasteiger partial charge in [-0.1, -0.05) is 43.1 Å².